The molecule has 2 rings (SSSR count). The van der Waals surface area contributed by atoms with Gasteiger partial charge in [-0.05, 0) is 18.9 Å². The lowest BCUT2D eigenvalue weighted by atomic mass is 9.97. The second-order valence-electron chi connectivity index (χ2n) is 5.19. The molecule has 1 fully saturated rings. The number of rotatable bonds is 4. The van der Waals surface area contributed by atoms with E-state index >= 15 is 0 Å². The highest BCUT2D eigenvalue weighted by atomic mass is 16.5. The fourth-order valence-electron chi connectivity index (χ4n) is 2.69. The second-order valence-corrected chi connectivity index (χ2v) is 5.19. The van der Waals surface area contributed by atoms with Gasteiger partial charge in [0.15, 0.2) is 0 Å². The van der Waals surface area contributed by atoms with Crippen molar-refractivity contribution in [3.05, 3.63) is 29.8 Å². The Balaban J connectivity index is 2.01. The van der Waals surface area contributed by atoms with Gasteiger partial charge in [-0.1, -0.05) is 18.2 Å². The number of likely N-dealkylation sites (tertiary alicyclic amines) is 1. The van der Waals surface area contributed by atoms with Crippen LogP contribution in [0.25, 0.3) is 0 Å². The molecule has 0 bridgehead atoms. The van der Waals surface area contributed by atoms with Crippen molar-refractivity contribution in [3.63, 3.8) is 0 Å². The van der Waals surface area contributed by atoms with Crippen LogP contribution in [0.4, 0.5) is 0 Å². The van der Waals surface area contributed by atoms with Crippen molar-refractivity contribution in [2.45, 2.75) is 19.3 Å². The summed E-state index contributed by atoms with van der Waals surface area (Å²) in [6.45, 7) is 1.14. The molecule has 5 heteroatoms. The first-order valence-corrected chi connectivity index (χ1v) is 7.13. The highest BCUT2D eigenvalue weighted by molar-refractivity contribution is 5.81. The number of hydrogen-bond acceptors (Lipinski definition) is 4. The van der Waals surface area contributed by atoms with Gasteiger partial charge in [0.1, 0.15) is 5.75 Å². The first kappa shape index (κ1) is 15.4. The number of carbonyl (C=O) groups excluding carboxylic acids is 2. The molecule has 0 radical (unpaired) electrons. The molecule has 1 aromatic rings. The Hall–Kier alpha value is -2.04. The largest absolute Gasteiger partial charge is 0.496 e. The van der Waals surface area contributed by atoms with Gasteiger partial charge in [-0.15, -0.1) is 0 Å². The Labute approximate surface area is 124 Å². The minimum Gasteiger partial charge on any atom is -0.496 e. The third-order valence-electron chi connectivity index (χ3n) is 3.84. The number of nitrogens with zero attached hydrogens (tertiary/aromatic N) is 1. The fraction of sp³-hybridized carbons (Fsp3) is 0.500. The van der Waals surface area contributed by atoms with Crippen molar-refractivity contribution >= 4 is 11.9 Å². The monoisotopic (exact) mass is 291 g/mol. The third kappa shape index (κ3) is 3.74. The van der Waals surface area contributed by atoms with Crippen molar-refractivity contribution in [2.24, 2.45) is 5.92 Å². The number of piperidine rings is 1. The molecule has 21 heavy (non-hydrogen) atoms. The van der Waals surface area contributed by atoms with Crippen LogP contribution in [0.1, 0.15) is 18.4 Å². The summed E-state index contributed by atoms with van der Waals surface area (Å²) in [5.74, 6) is 0.302. The Morgan fingerprint density at radius 3 is 2.76 bits per heavy atom. The number of ether oxygens (including phenoxy) is 2. The SMILES string of the molecule is COC(=O)C1CCCN(C(=O)Cc2ccccc2OC)C1. The summed E-state index contributed by atoms with van der Waals surface area (Å²) in [6.07, 6.45) is 1.90. The van der Waals surface area contributed by atoms with E-state index in [2.05, 4.69) is 0 Å². The number of para-hydroxylation sites is 1. The van der Waals surface area contributed by atoms with E-state index in [9.17, 15) is 9.59 Å². The van der Waals surface area contributed by atoms with Crippen molar-refractivity contribution in [1.82, 2.24) is 4.90 Å². The zero-order valence-electron chi connectivity index (χ0n) is 12.5. The van der Waals surface area contributed by atoms with Gasteiger partial charge < -0.3 is 14.4 Å². The molecule has 1 saturated heterocycles. The van der Waals surface area contributed by atoms with E-state index in [1.165, 1.54) is 7.11 Å². The van der Waals surface area contributed by atoms with Gasteiger partial charge in [-0.25, -0.2) is 0 Å². The molecule has 1 unspecified atom stereocenters. The number of hydrogen-bond donors (Lipinski definition) is 0. The molecule has 0 spiro atoms. The Bertz CT molecular complexity index is 515. The molecule has 1 aliphatic rings. The highest BCUT2D eigenvalue weighted by Crippen LogP contribution is 2.21. The van der Waals surface area contributed by atoms with Gasteiger partial charge in [0.2, 0.25) is 5.91 Å². The number of methoxy groups -OCH3 is 2. The maximum Gasteiger partial charge on any atom is 0.310 e. The predicted molar refractivity (Wildman–Crippen MR) is 78.0 cm³/mol. The molecule has 1 heterocycles. The summed E-state index contributed by atoms with van der Waals surface area (Å²) in [7, 11) is 2.98. The summed E-state index contributed by atoms with van der Waals surface area (Å²) in [4.78, 5) is 25.8. The van der Waals surface area contributed by atoms with Crippen molar-refractivity contribution in [1.29, 1.82) is 0 Å². The summed E-state index contributed by atoms with van der Waals surface area (Å²) in [5.41, 5.74) is 0.866. The van der Waals surface area contributed by atoms with Crippen LogP contribution >= 0.6 is 0 Å². The molecule has 0 aromatic heterocycles. The molecular weight excluding hydrogens is 270 g/mol. The van der Waals surface area contributed by atoms with Crippen LogP contribution in [0.2, 0.25) is 0 Å². The maximum atomic E-state index is 12.4. The standard InChI is InChI=1S/C16H21NO4/c1-20-14-8-4-3-6-12(14)10-15(18)17-9-5-7-13(11-17)16(19)21-2/h3-4,6,8,13H,5,7,9-11H2,1-2H3. The highest BCUT2D eigenvalue weighted by Gasteiger charge is 2.29. The van der Waals surface area contributed by atoms with Crippen LogP contribution in [0, 0.1) is 5.92 Å². The quantitative estimate of drug-likeness (QED) is 0.792. The molecule has 1 amide bonds. The van der Waals surface area contributed by atoms with Crippen LogP contribution in [0.15, 0.2) is 24.3 Å². The minimum atomic E-state index is -0.232. The van der Waals surface area contributed by atoms with E-state index < -0.39 is 0 Å². The molecule has 0 saturated carbocycles. The first-order valence-electron chi connectivity index (χ1n) is 7.13. The van der Waals surface area contributed by atoms with Crippen molar-refractivity contribution in [3.8, 4) is 5.75 Å². The first-order chi connectivity index (χ1) is 10.2. The summed E-state index contributed by atoms with van der Waals surface area (Å²) >= 11 is 0. The van der Waals surface area contributed by atoms with Crippen LogP contribution < -0.4 is 4.74 Å². The zero-order valence-corrected chi connectivity index (χ0v) is 12.5. The third-order valence-corrected chi connectivity index (χ3v) is 3.84. The van der Waals surface area contributed by atoms with E-state index in [1.54, 1.807) is 12.0 Å². The molecular formula is C16H21NO4. The molecule has 1 aromatic carbocycles. The fourth-order valence-corrected chi connectivity index (χ4v) is 2.69. The Morgan fingerprint density at radius 2 is 2.05 bits per heavy atom. The smallest absolute Gasteiger partial charge is 0.310 e. The van der Waals surface area contributed by atoms with Gasteiger partial charge in [-0.2, -0.15) is 0 Å². The van der Waals surface area contributed by atoms with Crippen molar-refractivity contribution in [2.75, 3.05) is 27.3 Å². The lowest BCUT2D eigenvalue weighted by Gasteiger charge is -2.31. The van der Waals surface area contributed by atoms with E-state index in [-0.39, 0.29) is 24.2 Å². The van der Waals surface area contributed by atoms with Gasteiger partial charge in [0, 0.05) is 18.7 Å². The molecule has 1 aliphatic heterocycles. The zero-order chi connectivity index (χ0) is 15.2. The summed E-state index contributed by atoms with van der Waals surface area (Å²) < 4.78 is 10.0. The van der Waals surface area contributed by atoms with Crippen molar-refractivity contribution < 1.29 is 19.1 Å². The van der Waals surface area contributed by atoms with E-state index in [1.807, 2.05) is 24.3 Å². The van der Waals surface area contributed by atoms with E-state index in [0.29, 0.717) is 18.8 Å². The second kappa shape index (κ2) is 7.11. The lowest BCUT2D eigenvalue weighted by molar-refractivity contribution is -0.148. The minimum absolute atomic E-state index is 0.0214. The molecule has 114 valence electrons. The lowest BCUT2D eigenvalue weighted by Crippen LogP contribution is -2.43. The van der Waals surface area contributed by atoms with Gasteiger partial charge >= 0.3 is 5.97 Å². The number of benzene rings is 1. The molecule has 5 nitrogen and oxygen atoms in total. The average Bonchev–Trinajstić information content (AvgIpc) is 2.54. The predicted octanol–water partition coefficient (Wildman–Crippen LogP) is 1.65. The van der Waals surface area contributed by atoms with Gasteiger partial charge in [0.25, 0.3) is 0 Å². The number of carbonyl (C=O) groups is 2. The van der Waals surface area contributed by atoms with Gasteiger partial charge in [0.05, 0.1) is 26.6 Å². The van der Waals surface area contributed by atoms with Crippen LogP contribution in [0.3, 0.4) is 0 Å². The summed E-state index contributed by atoms with van der Waals surface area (Å²) in [5, 5.41) is 0. The maximum absolute atomic E-state index is 12.4. The van der Waals surface area contributed by atoms with Crippen LogP contribution in [-0.2, 0) is 20.7 Å². The topological polar surface area (TPSA) is 55.8 Å². The number of esters is 1. The molecule has 0 aliphatic carbocycles. The average molecular weight is 291 g/mol. The summed E-state index contributed by atoms with van der Waals surface area (Å²) in [6, 6.07) is 7.49. The number of amides is 1. The van der Waals surface area contributed by atoms with Crippen LogP contribution in [0.5, 0.6) is 5.75 Å². The van der Waals surface area contributed by atoms with E-state index in [4.69, 9.17) is 9.47 Å². The van der Waals surface area contributed by atoms with E-state index in [0.717, 1.165) is 18.4 Å². The molecule has 0 N–H and O–H groups in total. The Morgan fingerprint density at radius 1 is 1.29 bits per heavy atom. The molecule has 1 atom stereocenters. The Kier molecular flexibility index (Phi) is 5.20. The van der Waals surface area contributed by atoms with Gasteiger partial charge in [-0.3, -0.25) is 9.59 Å². The normalized spacial score (nSPS) is 18.2. The van der Waals surface area contributed by atoms with Crippen LogP contribution in [-0.4, -0.2) is 44.1 Å².